The zero-order valence-electron chi connectivity index (χ0n) is 17.1. The minimum atomic E-state index is 0.241. The summed E-state index contributed by atoms with van der Waals surface area (Å²) >= 11 is 0. The monoisotopic (exact) mass is 383 g/mol. The number of hydrogen-bond donors (Lipinski definition) is 0. The lowest BCUT2D eigenvalue weighted by molar-refractivity contribution is -0.130. The van der Waals surface area contributed by atoms with Crippen molar-refractivity contribution in [3.8, 4) is 5.75 Å². The summed E-state index contributed by atoms with van der Waals surface area (Å²) in [5.74, 6) is 2.97. The fourth-order valence-electron chi connectivity index (χ4n) is 5.01. The molecular formula is C22H29N3O3. The largest absolute Gasteiger partial charge is 0.497 e. The maximum absolute atomic E-state index is 12.8. The topological polar surface area (TPSA) is 58.8 Å². The number of methoxy groups -OCH3 is 1. The molecule has 0 saturated carbocycles. The summed E-state index contributed by atoms with van der Waals surface area (Å²) in [5.41, 5.74) is 3.27. The molecule has 150 valence electrons. The zero-order valence-corrected chi connectivity index (χ0v) is 17.1. The third-order valence-corrected chi connectivity index (χ3v) is 6.47. The number of aryl methyl sites for hydroxylation is 2. The molecule has 0 unspecified atom stereocenters. The maximum atomic E-state index is 12.8. The number of fused-ring (bicyclic) bond motifs is 1. The molecule has 0 radical (unpaired) electrons. The second-order valence-corrected chi connectivity index (χ2v) is 8.18. The van der Waals surface area contributed by atoms with Gasteiger partial charge in [-0.25, -0.2) is 0 Å². The maximum Gasteiger partial charge on any atom is 0.222 e. The molecule has 4 rings (SSSR count). The van der Waals surface area contributed by atoms with Crippen molar-refractivity contribution in [3.63, 3.8) is 0 Å². The van der Waals surface area contributed by atoms with Crippen LogP contribution in [0.25, 0.3) is 0 Å². The number of hydrogen-bond acceptors (Lipinski definition) is 5. The highest BCUT2D eigenvalue weighted by Gasteiger charge is 2.47. The molecule has 2 fully saturated rings. The quantitative estimate of drug-likeness (QED) is 0.794. The first-order chi connectivity index (χ1) is 13.5. The van der Waals surface area contributed by atoms with Crippen molar-refractivity contribution >= 4 is 5.91 Å². The Kier molecular flexibility index (Phi) is 5.15. The van der Waals surface area contributed by atoms with Crippen LogP contribution in [0.5, 0.6) is 5.75 Å². The Bertz CT molecular complexity index is 826. The van der Waals surface area contributed by atoms with Crippen LogP contribution in [0.1, 0.15) is 35.0 Å². The van der Waals surface area contributed by atoms with E-state index in [4.69, 9.17) is 9.26 Å². The summed E-state index contributed by atoms with van der Waals surface area (Å²) in [6.45, 7) is 6.59. The number of likely N-dealkylation sites (tertiary alicyclic amines) is 2. The van der Waals surface area contributed by atoms with Crippen LogP contribution in [0.4, 0.5) is 0 Å². The van der Waals surface area contributed by atoms with Crippen LogP contribution in [0.15, 0.2) is 28.8 Å². The molecule has 3 heterocycles. The summed E-state index contributed by atoms with van der Waals surface area (Å²) in [5, 5.41) is 3.99. The molecule has 3 atom stereocenters. The average Bonchev–Trinajstić information content (AvgIpc) is 3.33. The van der Waals surface area contributed by atoms with Gasteiger partial charge in [-0.1, -0.05) is 17.3 Å². The minimum Gasteiger partial charge on any atom is -0.497 e. The zero-order chi connectivity index (χ0) is 19.8. The Hall–Kier alpha value is -2.34. The van der Waals surface area contributed by atoms with E-state index in [9.17, 15) is 4.79 Å². The number of benzene rings is 1. The van der Waals surface area contributed by atoms with Gasteiger partial charge in [0.2, 0.25) is 5.91 Å². The van der Waals surface area contributed by atoms with Gasteiger partial charge in [0, 0.05) is 43.6 Å². The molecule has 28 heavy (non-hydrogen) atoms. The van der Waals surface area contributed by atoms with Gasteiger partial charge in [0.25, 0.3) is 0 Å². The highest BCUT2D eigenvalue weighted by molar-refractivity contribution is 5.77. The summed E-state index contributed by atoms with van der Waals surface area (Å²) in [7, 11) is 3.88. The molecule has 2 saturated heterocycles. The third kappa shape index (κ3) is 3.41. The molecule has 1 aromatic heterocycles. The molecule has 2 aliphatic heterocycles. The van der Waals surface area contributed by atoms with Crippen molar-refractivity contribution < 1.29 is 14.1 Å². The van der Waals surface area contributed by atoms with Crippen LogP contribution in [0.3, 0.4) is 0 Å². The lowest BCUT2D eigenvalue weighted by Gasteiger charge is -2.27. The number of aromatic nitrogens is 1. The molecule has 0 N–H and O–H groups in total. The lowest BCUT2D eigenvalue weighted by atomic mass is 9.89. The fourth-order valence-corrected chi connectivity index (χ4v) is 5.01. The van der Waals surface area contributed by atoms with E-state index in [2.05, 4.69) is 34.1 Å². The van der Waals surface area contributed by atoms with Gasteiger partial charge in [0.05, 0.1) is 12.8 Å². The number of ether oxygens (including phenoxy) is 1. The number of nitrogens with zero attached hydrogens (tertiary/aromatic N) is 3. The number of carbonyl (C=O) groups is 1. The Morgan fingerprint density at radius 2 is 1.96 bits per heavy atom. The Morgan fingerprint density at radius 1 is 1.21 bits per heavy atom. The fraction of sp³-hybridized carbons (Fsp3) is 0.545. The van der Waals surface area contributed by atoms with Gasteiger partial charge in [-0.2, -0.15) is 0 Å². The van der Waals surface area contributed by atoms with Crippen LogP contribution in [0, 0.1) is 25.7 Å². The molecule has 6 heteroatoms. The normalized spacial score (nSPS) is 24.6. The molecule has 1 amide bonds. The Balaban J connectivity index is 1.41. The van der Waals surface area contributed by atoms with E-state index in [1.165, 1.54) is 5.56 Å². The first-order valence-corrected chi connectivity index (χ1v) is 10.0. The highest BCUT2D eigenvalue weighted by Crippen LogP contribution is 2.44. The van der Waals surface area contributed by atoms with Gasteiger partial charge < -0.3 is 14.2 Å². The molecule has 0 aliphatic carbocycles. The minimum absolute atomic E-state index is 0.241. The standard InChI is InChI=1S/C22H29N3O3/c1-14-19(15(2)28-23-14)9-10-21(26)25-12-17-11-24(3)22(20(17)13-25)16-5-7-18(27-4)8-6-16/h5-8,17,20,22H,9-13H2,1-4H3/t17-,20+,22+/m0/s1. The second-order valence-electron chi connectivity index (χ2n) is 8.18. The van der Waals surface area contributed by atoms with E-state index in [1.54, 1.807) is 7.11 Å². The van der Waals surface area contributed by atoms with Crippen molar-refractivity contribution in [2.45, 2.75) is 32.7 Å². The van der Waals surface area contributed by atoms with Crippen LogP contribution >= 0.6 is 0 Å². The third-order valence-electron chi connectivity index (χ3n) is 6.47. The Labute approximate surface area is 166 Å². The smallest absolute Gasteiger partial charge is 0.222 e. The number of rotatable bonds is 5. The average molecular weight is 383 g/mol. The van der Waals surface area contributed by atoms with E-state index in [0.717, 1.165) is 42.4 Å². The highest BCUT2D eigenvalue weighted by atomic mass is 16.5. The van der Waals surface area contributed by atoms with E-state index < -0.39 is 0 Å². The molecule has 1 aromatic carbocycles. The van der Waals surface area contributed by atoms with E-state index in [1.807, 2.05) is 26.0 Å². The van der Waals surface area contributed by atoms with Crippen LogP contribution < -0.4 is 4.74 Å². The molecular weight excluding hydrogens is 354 g/mol. The lowest BCUT2D eigenvalue weighted by Crippen LogP contribution is -2.33. The van der Waals surface area contributed by atoms with Crippen molar-refractivity contribution in [3.05, 3.63) is 46.8 Å². The van der Waals surface area contributed by atoms with Gasteiger partial charge in [0.15, 0.2) is 0 Å². The molecule has 2 aromatic rings. The van der Waals surface area contributed by atoms with Crippen LogP contribution in [0.2, 0.25) is 0 Å². The van der Waals surface area contributed by atoms with Crippen molar-refractivity contribution in [2.75, 3.05) is 33.8 Å². The summed E-state index contributed by atoms with van der Waals surface area (Å²) in [6, 6.07) is 8.72. The SMILES string of the molecule is COc1ccc([C@@H]2[C@@H]3CN(C(=O)CCc4c(C)noc4C)C[C@@H]3CN2C)cc1. The predicted octanol–water partition coefficient (Wildman–Crippen LogP) is 2.99. The predicted molar refractivity (Wildman–Crippen MR) is 106 cm³/mol. The second kappa shape index (κ2) is 7.59. The number of amides is 1. The molecule has 6 nitrogen and oxygen atoms in total. The first kappa shape index (κ1) is 19.0. The van der Waals surface area contributed by atoms with Crippen molar-refractivity contribution in [1.82, 2.24) is 15.0 Å². The molecule has 0 bridgehead atoms. The van der Waals surface area contributed by atoms with Crippen LogP contribution in [-0.4, -0.2) is 54.7 Å². The Morgan fingerprint density at radius 3 is 2.61 bits per heavy atom. The summed E-state index contributed by atoms with van der Waals surface area (Å²) in [6.07, 6.45) is 1.22. The van der Waals surface area contributed by atoms with Crippen LogP contribution in [-0.2, 0) is 11.2 Å². The first-order valence-electron chi connectivity index (χ1n) is 10.0. The summed E-state index contributed by atoms with van der Waals surface area (Å²) < 4.78 is 10.5. The van der Waals surface area contributed by atoms with E-state index in [0.29, 0.717) is 30.7 Å². The van der Waals surface area contributed by atoms with Gasteiger partial charge >= 0.3 is 0 Å². The van der Waals surface area contributed by atoms with Gasteiger partial charge in [-0.15, -0.1) is 0 Å². The van der Waals surface area contributed by atoms with Gasteiger partial charge in [-0.3, -0.25) is 9.69 Å². The summed E-state index contributed by atoms with van der Waals surface area (Å²) in [4.78, 5) is 17.3. The van der Waals surface area contributed by atoms with E-state index >= 15 is 0 Å². The molecule has 2 aliphatic rings. The van der Waals surface area contributed by atoms with Crippen molar-refractivity contribution in [1.29, 1.82) is 0 Å². The van der Waals surface area contributed by atoms with Gasteiger partial charge in [-0.05, 0) is 50.9 Å². The van der Waals surface area contributed by atoms with Gasteiger partial charge in [0.1, 0.15) is 11.5 Å². The molecule has 0 spiro atoms. The van der Waals surface area contributed by atoms with Crippen molar-refractivity contribution in [2.24, 2.45) is 11.8 Å². The number of carbonyl (C=O) groups excluding carboxylic acids is 1. The van der Waals surface area contributed by atoms with E-state index in [-0.39, 0.29) is 5.91 Å².